The van der Waals surface area contributed by atoms with E-state index < -0.39 is 10.0 Å². The second-order valence-corrected chi connectivity index (χ2v) is 7.53. The lowest BCUT2D eigenvalue weighted by Crippen LogP contribution is -2.46. The van der Waals surface area contributed by atoms with E-state index in [4.69, 9.17) is 4.74 Å². The van der Waals surface area contributed by atoms with E-state index in [1.807, 2.05) is 6.07 Å². The van der Waals surface area contributed by atoms with Crippen molar-refractivity contribution in [1.82, 2.24) is 10.6 Å². The molecular weight excluding hydrogens is 318 g/mol. The van der Waals surface area contributed by atoms with E-state index in [2.05, 4.69) is 10.6 Å². The highest BCUT2D eigenvalue weighted by Crippen LogP contribution is 2.15. The number of ether oxygens (including phenoxy) is 1. The van der Waals surface area contributed by atoms with Crippen molar-refractivity contribution in [2.45, 2.75) is 18.9 Å². The Morgan fingerprint density at radius 3 is 2.57 bits per heavy atom. The number of urea groups is 1. The molecule has 0 saturated carbocycles. The Bertz CT molecular complexity index is 600. The Labute approximate surface area is 137 Å². The first-order chi connectivity index (χ1) is 11.0. The summed E-state index contributed by atoms with van der Waals surface area (Å²) in [7, 11) is -1.96. The maximum Gasteiger partial charge on any atom is 0.315 e. The van der Waals surface area contributed by atoms with Crippen molar-refractivity contribution in [2.75, 3.05) is 36.9 Å². The monoisotopic (exact) mass is 341 g/mol. The Morgan fingerprint density at radius 2 is 1.91 bits per heavy atom. The molecule has 1 heterocycles. The number of carbonyl (C=O) groups is 1. The van der Waals surface area contributed by atoms with Gasteiger partial charge in [-0.05, 0) is 25.0 Å². The summed E-state index contributed by atoms with van der Waals surface area (Å²) in [6.07, 6.45) is 1.56. The van der Waals surface area contributed by atoms with Gasteiger partial charge in [-0.1, -0.05) is 18.2 Å². The molecule has 1 aliphatic rings. The van der Waals surface area contributed by atoms with Gasteiger partial charge in [-0.25, -0.2) is 13.2 Å². The number of hydrogen-bond acceptors (Lipinski definition) is 4. The number of para-hydroxylation sites is 1. The molecule has 0 bridgehead atoms. The molecule has 0 aliphatic carbocycles. The summed E-state index contributed by atoms with van der Waals surface area (Å²) in [5.74, 6) is -0.153. The van der Waals surface area contributed by atoms with Gasteiger partial charge in [0.1, 0.15) is 0 Å². The lowest BCUT2D eigenvalue weighted by Gasteiger charge is -2.23. The molecule has 0 aromatic heterocycles. The Hall–Kier alpha value is -1.80. The van der Waals surface area contributed by atoms with Gasteiger partial charge in [-0.2, -0.15) is 0 Å². The number of rotatable bonds is 6. The number of nitrogens with one attached hydrogen (secondary N) is 2. The summed E-state index contributed by atoms with van der Waals surface area (Å²) in [6.45, 7) is 1.34. The zero-order valence-corrected chi connectivity index (χ0v) is 14.0. The first-order valence-corrected chi connectivity index (χ1v) is 9.24. The van der Waals surface area contributed by atoms with E-state index in [1.165, 1.54) is 11.4 Å². The van der Waals surface area contributed by atoms with Crippen LogP contribution in [0.25, 0.3) is 0 Å². The van der Waals surface area contributed by atoms with E-state index in [1.54, 1.807) is 24.3 Å². The van der Waals surface area contributed by atoms with Gasteiger partial charge < -0.3 is 15.4 Å². The molecule has 1 aliphatic heterocycles. The fourth-order valence-corrected chi connectivity index (χ4v) is 3.38. The van der Waals surface area contributed by atoms with Crippen LogP contribution < -0.4 is 14.9 Å². The van der Waals surface area contributed by atoms with Gasteiger partial charge in [0.15, 0.2) is 0 Å². The van der Waals surface area contributed by atoms with Crippen LogP contribution in [0, 0.1) is 0 Å². The van der Waals surface area contributed by atoms with E-state index in [0.29, 0.717) is 18.9 Å². The summed E-state index contributed by atoms with van der Waals surface area (Å²) in [5, 5.41) is 5.42. The van der Waals surface area contributed by atoms with E-state index >= 15 is 0 Å². The van der Waals surface area contributed by atoms with Gasteiger partial charge in [0.2, 0.25) is 10.0 Å². The first-order valence-electron chi connectivity index (χ1n) is 7.63. The van der Waals surface area contributed by atoms with Crippen molar-refractivity contribution in [3.05, 3.63) is 30.3 Å². The summed E-state index contributed by atoms with van der Waals surface area (Å²) < 4.78 is 30.9. The van der Waals surface area contributed by atoms with E-state index in [-0.39, 0.29) is 24.4 Å². The van der Waals surface area contributed by atoms with Crippen molar-refractivity contribution < 1.29 is 17.9 Å². The standard InChI is InChI=1S/C15H23N3O4S/c1-18(14-5-3-2-4-6-14)23(20,21)12-9-16-15(19)17-13-7-10-22-11-8-13/h2-6,13H,7-12H2,1H3,(H2,16,17,19). The van der Waals surface area contributed by atoms with E-state index in [0.717, 1.165) is 12.8 Å². The molecule has 8 heteroatoms. The molecular formula is C15H23N3O4S. The average molecular weight is 341 g/mol. The van der Waals surface area contributed by atoms with Gasteiger partial charge >= 0.3 is 6.03 Å². The molecule has 2 rings (SSSR count). The molecule has 7 nitrogen and oxygen atoms in total. The number of hydrogen-bond donors (Lipinski definition) is 2. The maximum atomic E-state index is 12.2. The minimum Gasteiger partial charge on any atom is -0.381 e. The van der Waals surface area contributed by atoms with Crippen LogP contribution in [-0.2, 0) is 14.8 Å². The maximum absolute atomic E-state index is 12.2. The molecule has 1 saturated heterocycles. The summed E-state index contributed by atoms with van der Waals surface area (Å²) in [4.78, 5) is 11.8. The molecule has 23 heavy (non-hydrogen) atoms. The van der Waals surface area contributed by atoms with Gasteiger partial charge in [0.25, 0.3) is 0 Å². The van der Waals surface area contributed by atoms with Crippen LogP contribution in [0.15, 0.2) is 30.3 Å². The predicted molar refractivity (Wildman–Crippen MR) is 89.0 cm³/mol. The number of sulfonamides is 1. The third-order valence-corrected chi connectivity index (χ3v) is 5.50. The van der Waals surface area contributed by atoms with Crippen LogP contribution in [0.2, 0.25) is 0 Å². The van der Waals surface area contributed by atoms with Crippen molar-refractivity contribution in [3.63, 3.8) is 0 Å². The van der Waals surface area contributed by atoms with Gasteiger partial charge in [-0.15, -0.1) is 0 Å². The molecule has 2 amide bonds. The lowest BCUT2D eigenvalue weighted by molar-refractivity contribution is 0.0801. The smallest absolute Gasteiger partial charge is 0.315 e. The van der Waals surface area contributed by atoms with Crippen LogP contribution in [0.3, 0.4) is 0 Å². The van der Waals surface area contributed by atoms with Crippen LogP contribution in [0.4, 0.5) is 10.5 Å². The van der Waals surface area contributed by atoms with Gasteiger partial charge in [0, 0.05) is 32.8 Å². The highest BCUT2D eigenvalue weighted by Gasteiger charge is 2.19. The Kier molecular flexibility index (Phi) is 6.23. The van der Waals surface area contributed by atoms with E-state index in [9.17, 15) is 13.2 Å². The summed E-state index contributed by atoms with van der Waals surface area (Å²) in [6, 6.07) is 8.58. The van der Waals surface area contributed by atoms with Crippen LogP contribution in [0.1, 0.15) is 12.8 Å². The molecule has 1 aromatic carbocycles. The normalized spacial score (nSPS) is 15.9. The molecule has 0 atom stereocenters. The van der Waals surface area contributed by atoms with Crippen LogP contribution in [0.5, 0.6) is 0 Å². The number of carbonyl (C=O) groups excluding carboxylic acids is 1. The second-order valence-electron chi connectivity index (χ2n) is 5.41. The molecule has 0 unspecified atom stereocenters. The van der Waals surface area contributed by atoms with Crippen molar-refractivity contribution >= 4 is 21.7 Å². The third kappa shape index (κ3) is 5.40. The zero-order valence-electron chi connectivity index (χ0n) is 13.2. The summed E-state index contributed by atoms with van der Waals surface area (Å²) >= 11 is 0. The predicted octanol–water partition coefficient (Wildman–Crippen LogP) is 0.931. The molecule has 0 radical (unpaired) electrons. The minimum atomic E-state index is -3.47. The molecule has 128 valence electrons. The zero-order chi connectivity index (χ0) is 16.7. The van der Waals surface area contributed by atoms with Gasteiger partial charge in [0.05, 0.1) is 11.4 Å². The number of nitrogens with zero attached hydrogens (tertiary/aromatic N) is 1. The topological polar surface area (TPSA) is 87.7 Å². The fraction of sp³-hybridized carbons (Fsp3) is 0.533. The molecule has 1 aromatic rings. The molecule has 1 fully saturated rings. The number of anilines is 1. The summed E-state index contributed by atoms with van der Waals surface area (Å²) in [5.41, 5.74) is 0.596. The second kappa shape index (κ2) is 8.16. The van der Waals surface area contributed by atoms with Gasteiger partial charge in [-0.3, -0.25) is 4.31 Å². The number of benzene rings is 1. The quantitative estimate of drug-likeness (QED) is 0.806. The van der Waals surface area contributed by atoms with Crippen molar-refractivity contribution in [2.24, 2.45) is 0 Å². The fourth-order valence-electron chi connectivity index (χ4n) is 2.31. The first kappa shape index (κ1) is 17.6. The highest BCUT2D eigenvalue weighted by molar-refractivity contribution is 7.92. The van der Waals surface area contributed by atoms with Crippen LogP contribution in [-0.4, -0.2) is 53.0 Å². The number of amides is 2. The average Bonchev–Trinajstić information content (AvgIpc) is 2.55. The molecule has 0 spiro atoms. The Balaban J connectivity index is 1.77. The van der Waals surface area contributed by atoms with Crippen molar-refractivity contribution in [3.8, 4) is 0 Å². The third-order valence-electron chi connectivity index (χ3n) is 3.74. The van der Waals surface area contributed by atoms with Crippen LogP contribution >= 0.6 is 0 Å². The largest absolute Gasteiger partial charge is 0.381 e. The Morgan fingerprint density at radius 1 is 1.26 bits per heavy atom. The van der Waals surface area contributed by atoms with Crippen molar-refractivity contribution in [1.29, 1.82) is 0 Å². The molecule has 2 N–H and O–H groups in total. The minimum absolute atomic E-state index is 0.0640. The SMILES string of the molecule is CN(c1ccccc1)S(=O)(=O)CCNC(=O)NC1CCOCC1. The lowest BCUT2D eigenvalue weighted by atomic mass is 10.1. The highest BCUT2D eigenvalue weighted by atomic mass is 32.2.